The maximum absolute atomic E-state index is 11.8. The molecule has 2 amide bonds. The minimum Gasteiger partial charge on any atom is -0.454 e. The predicted octanol–water partition coefficient (Wildman–Crippen LogP) is 1.50. The Balaban J connectivity index is 1.55. The van der Waals surface area contributed by atoms with E-state index < -0.39 is 11.8 Å². The Morgan fingerprint density at radius 3 is 2.61 bits per heavy atom. The van der Waals surface area contributed by atoms with Crippen LogP contribution in [0.5, 0.6) is 11.5 Å². The van der Waals surface area contributed by atoms with E-state index in [1.54, 1.807) is 18.2 Å². The second-order valence-corrected chi connectivity index (χ2v) is 4.63. The standard InChI is InChI=1S/C16H13N3O4/c20-15(16(21)19-17-9-11-4-2-1-3-5-11)18-12-6-7-13-14(8-12)23-10-22-13/h1-9H,10H2,(H,18,20)(H,19,21)/b17-9-. The van der Waals surface area contributed by atoms with Gasteiger partial charge in [-0.2, -0.15) is 5.10 Å². The summed E-state index contributed by atoms with van der Waals surface area (Å²) in [5.41, 5.74) is 3.41. The van der Waals surface area contributed by atoms with E-state index in [0.717, 1.165) is 5.56 Å². The number of nitrogens with one attached hydrogen (secondary N) is 2. The average molecular weight is 311 g/mol. The first-order valence-electron chi connectivity index (χ1n) is 6.81. The number of carbonyl (C=O) groups is 2. The summed E-state index contributed by atoms with van der Waals surface area (Å²) in [7, 11) is 0. The molecule has 2 N–H and O–H groups in total. The lowest BCUT2D eigenvalue weighted by atomic mass is 10.2. The number of anilines is 1. The first kappa shape index (κ1) is 14.6. The molecule has 3 rings (SSSR count). The molecule has 0 aliphatic carbocycles. The van der Waals surface area contributed by atoms with E-state index in [-0.39, 0.29) is 6.79 Å². The minimum atomic E-state index is -0.866. The van der Waals surface area contributed by atoms with Crippen molar-refractivity contribution in [3.63, 3.8) is 0 Å². The Bertz CT molecular complexity index is 759. The van der Waals surface area contributed by atoms with Gasteiger partial charge in [0.05, 0.1) is 6.21 Å². The molecule has 7 heteroatoms. The lowest BCUT2D eigenvalue weighted by Gasteiger charge is -2.04. The van der Waals surface area contributed by atoms with Crippen LogP contribution >= 0.6 is 0 Å². The molecule has 0 saturated heterocycles. The fourth-order valence-corrected chi connectivity index (χ4v) is 1.92. The van der Waals surface area contributed by atoms with Gasteiger partial charge in [0.2, 0.25) is 6.79 Å². The summed E-state index contributed by atoms with van der Waals surface area (Å²) >= 11 is 0. The van der Waals surface area contributed by atoms with Crippen molar-refractivity contribution in [2.24, 2.45) is 5.10 Å². The predicted molar refractivity (Wildman–Crippen MR) is 83.4 cm³/mol. The van der Waals surface area contributed by atoms with Crippen LogP contribution in [0.4, 0.5) is 5.69 Å². The summed E-state index contributed by atoms with van der Waals surface area (Å²) in [5.74, 6) is -0.575. The van der Waals surface area contributed by atoms with Gasteiger partial charge < -0.3 is 14.8 Å². The zero-order valence-corrected chi connectivity index (χ0v) is 12.0. The van der Waals surface area contributed by atoms with E-state index in [4.69, 9.17) is 9.47 Å². The van der Waals surface area contributed by atoms with E-state index in [9.17, 15) is 9.59 Å². The Morgan fingerprint density at radius 1 is 1.00 bits per heavy atom. The maximum atomic E-state index is 11.8. The molecular formula is C16H13N3O4. The van der Waals surface area contributed by atoms with Gasteiger partial charge in [-0.3, -0.25) is 9.59 Å². The molecule has 0 radical (unpaired) electrons. The molecule has 116 valence electrons. The first-order chi connectivity index (χ1) is 11.2. The van der Waals surface area contributed by atoms with Gasteiger partial charge >= 0.3 is 11.8 Å². The van der Waals surface area contributed by atoms with Gasteiger partial charge in [-0.1, -0.05) is 30.3 Å². The van der Waals surface area contributed by atoms with Crippen LogP contribution in [0.2, 0.25) is 0 Å². The van der Waals surface area contributed by atoms with E-state index in [0.29, 0.717) is 17.2 Å². The molecule has 1 aliphatic heterocycles. The average Bonchev–Trinajstić information content (AvgIpc) is 3.03. The van der Waals surface area contributed by atoms with Crippen molar-refractivity contribution in [3.05, 3.63) is 54.1 Å². The molecular weight excluding hydrogens is 298 g/mol. The summed E-state index contributed by atoms with van der Waals surface area (Å²) in [6.07, 6.45) is 1.45. The van der Waals surface area contributed by atoms with Gasteiger partial charge in [-0.25, -0.2) is 5.43 Å². The van der Waals surface area contributed by atoms with Crippen LogP contribution in [0.25, 0.3) is 0 Å². The SMILES string of the molecule is O=C(N/N=C\c1ccccc1)C(=O)Nc1ccc2c(c1)OCO2. The van der Waals surface area contributed by atoms with E-state index in [1.807, 2.05) is 30.3 Å². The molecule has 0 unspecified atom stereocenters. The maximum Gasteiger partial charge on any atom is 0.329 e. The summed E-state index contributed by atoms with van der Waals surface area (Å²) < 4.78 is 10.4. The molecule has 0 spiro atoms. The second kappa shape index (κ2) is 6.61. The van der Waals surface area contributed by atoms with Crippen LogP contribution in [-0.2, 0) is 9.59 Å². The van der Waals surface area contributed by atoms with Crippen LogP contribution in [-0.4, -0.2) is 24.8 Å². The van der Waals surface area contributed by atoms with Gasteiger partial charge in [0, 0.05) is 11.8 Å². The second-order valence-electron chi connectivity index (χ2n) is 4.63. The highest BCUT2D eigenvalue weighted by atomic mass is 16.7. The number of hydrazone groups is 1. The smallest absolute Gasteiger partial charge is 0.329 e. The Morgan fingerprint density at radius 2 is 1.78 bits per heavy atom. The number of hydrogen-bond donors (Lipinski definition) is 2. The molecule has 23 heavy (non-hydrogen) atoms. The highest BCUT2D eigenvalue weighted by molar-refractivity contribution is 6.39. The van der Waals surface area contributed by atoms with E-state index in [1.165, 1.54) is 6.21 Å². The van der Waals surface area contributed by atoms with Crippen LogP contribution in [0, 0.1) is 0 Å². The van der Waals surface area contributed by atoms with Crippen LogP contribution in [0.1, 0.15) is 5.56 Å². The molecule has 0 bridgehead atoms. The molecule has 1 heterocycles. The summed E-state index contributed by atoms with van der Waals surface area (Å²) in [6.45, 7) is 0.140. The summed E-state index contributed by atoms with van der Waals surface area (Å²) in [5, 5.41) is 6.19. The summed E-state index contributed by atoms with van der Waals surface area (Å²) in [4.78, 5) is 23.5. The minimum absolute atomic E-state index is 0.140. The summed E-state index contributed by atoms with van der Waals surface area (Å²) in [6, 6.07) is 14.1. The highest BCUT2D eigenvalue weighted by Crippen LogP contribution is 2.34. The monoisotopic (exact) mass is 311 g/mol. The molecule has 0 fully saturated rings. The Hall–Kier alpha value is -3.35. The topological polar surface area (TPSA) is 89.0 Å². The lowest BCUT2D eigenvalue weighted by molar-refractivity contribution is -0.136. The first-order valence-corrected chi connectivity index (χ1v) is 6.81. The molecule has 0 saturated carbocycles. The molecule has 7 nitrogen and oxygen atoms in total. The third-order valence-electron chi connectivity index (χ3n) is 3.02. The molecule has 1 aliphatic rings. The molecule has 0 aromatic heterocycles. The van der Waals surface area contributed by atoms with Crippen LogP contribution < -0.4 is 20.2 Å². The Kier molecular flexibility index (Phi) is 4.19. The van der Waals surface area contributed by atoms with Crippen LogP contribution in [0.3, 0.4) is 0 Å². The number of carbonyl (C=O) groups excluding carboxylic acids is 2. The number of ether oxygens (including phenoxy) is 2. The van der Waals surface area contributed by atoms with Crippen molar-refractivity contribution in [2.75, 3.05) is 12.1 Å². The number of rotatable bonds is 3. The molecule has 0 atom stereocenters. The van der Waals surface area contributed by atoms with Crippen molar-refractivity contribution in [1.29, 1.82) is 0 Å². The third-order valence-corrected chi connectivity index (χ3v) is 3.02. The van der Waals surface area contributed by atoms with Gasteiger partial charge in [-0.15, -0.1) is 0 Å². The van der Waals surface area contributed by atoms with Gasteiger partial charge in [0.25, 0.3) is 0 Å². The van der Waals surface area contributed by atoms with Gasteiger partial charge in [0.15, 0.2) is 11.5 Å². The number of nitrogens with zero attached hydrogens (tertiary/aromatic N) is 1. The lowest BCUT2D eigenvalue weighted by Crippen LogP contribution is -2.32. The third kappa shape index (κ3) is 3.65. The van der Waals surface area contributed by atoms with Gasteiger partial charge in [0.1, 0.15) is 0 Å². The highest BCUT2D eigenvalue weighted by Gasteiger charge is 2.17. The van der Waals surface area contributed by atoms with Crippen molar-refractivity contribution >= 4 is 23.7 Å². The van der Waals surface area contributed by atoms with E-state index in [2.05, 4.69) is 15.8 Å². The van der Waals surface area contributed by atoms with E-state index >= 15 is 0 Å². The molecule has 2 aromatic rings. The molecule has 2 aromatic carbocycles. The number of amides is 2. The quantitative estimate of drug-likeness (QED) is 0.511. The van der Waals surface area contributed by atoms with Crippen LogP contribution in [0.15, 0.2) is 53.6 Å². The normalized spacial score (nSPS) is 12.2. The number of fused-ring (bicyclic) bond motifs is 1. The number of hydrogen-bond acceptors (Lipinski definition) is 5. The Labute approximate surface area is 131 Å². The fourth-order valence-electron chi connectivity index (χ4n) is 1.92. The van der Waals surface area contributed by atoms with Crippen molar-refractivity contribution < 1.29 is 19.1 Å². The zero-order chi connectivity index (χ0) is 16.1. The van der Waals surface area contributed by atoms with Crippen molar-refractivity contribution in [1.82, 2.24) is 5.43 Å². The van der Waals surface area contributed by atoms with Crippen molar-refractivity contribution in [3.8, 4) is 11.5 Å². The largest absolute Gasteiger partial charge is 0.454 e. The van der Waals surface area contributed by atoms with Gasteiger partial charge in [-0.05, 0) is 17.7 Å². The zero-order valence-electron chi connectivity index (χ0n) is 12.0. The number of benzene rings is 2. The van der Waals surface area contributed by atoms with Crippen molar-refractivity contribution in [2.45, 2.75) is 0 Å². The fraction of sp³-hybridized carbons (Fsp3) is 0.0625.